The Kier molecular flexibility index (Phi) is 8.35. The quantitative estimate of drug-likeness (QED) is 0.295. The van der Waals surface area contributed by atoms with E-state index in [1.54, 1.807) is 51.3 Å². The molecule has 0 aliphatic carbocycles. The number of ether oxygens (including phenoxy) is 3. The zero-order valence-corrected chi connectivity index (χ0v) is 24.0. The molecule has 1 aliphatic rings. The Labute approximate surface area is 245 Å². The number of esters is 1. The van der Waals surface area contributed by atoms with Gasteiger partial charge in [0.2, 0.25) is 0 Å². The maximum absolute atomic E-state index is 14.0. The van der Waals surface area contributed by atoms with Crippen LogP contribution >= 0.6 is 11.3 Å². The summed E-state index contributed by atoms with van der Waals surface area (Å²) in [4.78, 5) is 43.4. The largest absolute Gasteiger partial charge is 0.496 e. The van der Waals surface area contributed by atoms with Gasteiger partial charge in [0.1, 0.15) is 24.1 Å². The number of thiazole rings is 1. The summed E-state index contributed by atoms with van der Waals surface area (Å²) >= 11 is 1.22. The lowest BCUT2D eigenvalue weighted by molar-refractivity contribution is -0.139. The topological polar surface area (TPSA) is 116 Å². The number of carboxylic acid groups (broad SMARTS) is 1. The van der Waals surface area contributed by atoms with Gasteiger partial charge in [-0.25, -0.2) is 14.6 Å². The second-order valence-corrected chi connectivity index (χ2v) is 10.4. The van der Waals surface area contributed by atoms with Gasteiger partial charge in [0.05, 0.1) is 35.1 Å². The first-order chi connectivity index (χ1) is 20.3. The van der Waals surface area contributed by atoms with Crippen LogP contribution in [0.4, 0.5) is 0 Å². The predicted molar refractivity (Wildman–Crippen MR) is 158 cm³/mol. The number of hydrogen-bond donors (Lipinski definition) is 1. The molecule has 0 saturated carbocycles. The highest BCUT2D eigenvalue weighted by Gasteiger charge is 2.35. The number of benzene rings is 3. The Morgan fingerprint density at radius 2 is 1.71 bits per heavy atom. The van der Waals surface area contributed by atoms with Crippen LogP contribution in [0.5, 0.6) is 11.5 Å². The van der Waals surface area contributed by atoms with E-state index in [-0.39, 0.29) is 29.9 Å². The molecule has 10 heteroatoms. The number of carbonyl (C=O) groups excluding carboxylic acids is 1. The lowest BCUT2D eigenvalue weighted by atomic mass is 9.95. The van der Waals surface area contributed by atoms with E-state index in [9.17, 15) is 14.4 Å². The molecule has 0 spiro atoms. The average Bonchev–Trinajstić information content (AvgIpc) is 3.30. The van der Waals surface area contributed by atoms with Gasteiger partial charge in [0, 0.05) is 11.1 Å². The van der Waals surface area contributed by atoms with Gasteiger partial charge >= 0.3 is 11.9 Å². The summed E-state index contributed by atoms with van der Waals surface area (Å²) in [6, 6.07) is 20.2. The van der Waals surface area contributed by atoms with E-state index < -0.39 is 18.0 Å². The number of allylic oxidation sites excluding steroid dienone is 1. The zero-order chi connectivity index (χ0) is 29.8. The molecule has 1 N–H and O–H groups in total. The van der Waals surface area contributed by atoms with Gasteiger partial charge in [0.15, 0.2) is 4.80 Å². The molecule has 1 aromatic heterocycles. The first kappa shape index (κ1) is 28.6. The van der Waals surface area contributed by atoms with Gasteiger partial charge in [-0.05, 0) is 49.8 Å². The van der Waals surface area contributed by atoms with E-state index in [0.717, 1.165) is 5.56 Å². The average molecular weight is 585 g/mol. The van der Waals surface area contributed by atoms with E-state index >= 15 is 0 Å². The van der Waals surface area contributed by atoms with E-state index in [2.05, 4.69) is 4.99 Å². The summed E-state index contributed by atoms with van der Waals surface area (Å²) in [5, 5.41) is 9.13. The van der Waals surface area contributed by atoms with Gasteiger partial charge in [0.25, 0.3) is 5.56 Å². The van der Waals surface area contributed by atoms with Crippen molar-refractivity contribution in [2.75, 3.05) is 13.7 Å². The van der Waals surface area contributed by atoms with Crippen molar-refractivity contribution in [1.82, 2.24) is 4.57 Å². The van der Waals surface area contributed by atoms with Crippen molar-refractivity contribution >= 4 is 29.4 Å². The van der Waals surface area contributed by atoms with E-state index in [0.29, 0.717) is 37.7 Å². The van der Waals surface area contributed by atoms with Gasteiger partial charge in [-0.2, -0.15) is 0 Å². The molecule has 2 heterocycles. The van der Waals surface area contributed by atoms with Crippen molar-refractivity contribution in [2.24, 2.45) is 4.99 Å². The fourth-order valence-corrected chi connectivity index (χ4v) is 5.79. The minimum atomic E-state index is -0.994. The molecule has 0 radical (unpaired) electrons. The number of nitrogens with zero attached hydrogens (tertiary/aromatic N) is 2. The maximum atomic E-state index is 14.0. The number of fused-ring (bicyclic) bond motifs is 1. The number of aromatic nitrogens is 1. The van der Waals surface area contributed by atoms with Crippen LogP contribution in [-0.2, 0) is 16.1 Å². The molecular formula is C32H28N2O7S. The number of methoxy groups -OCH3 is 1. The van der Waals surface area contributed by atoms with Crippen molar-refractivity contribution in [3.8, 4) is 11.5 Å². The summed E-state index contributed by atoms with van der Waals surface area (Å²) in [5.41, 5.74) is 2.74. The van der Waals surface area contributed by atoms with Crippen LogP contribution in [0, 0.1) is 0 Å². The highest BCUT2D eigenvalue weighted by molar-refractivity contribution is 7.07. The molecule has 3 aromatic carbocycles. The molecule has 214 valence electrons. The van der Waals surface area contributed by atoms with Crippen LogP contribution in [0.25, 0.3) is 6.08 Å². The SMILES string of the molecule is CCOC(=O)C1=C(C)N=c2s/c(=C/c3ccccc3OCc3ccc(C(=O)O)cc3)c(=O)n2C1c1ccccc1OC. The van der Waals surface area contributed by atoms with E-state index in [4.69, 9.17) is 19.3 Å². The van der Waals surface area contributed by atoms with Crippen molar-refractivity contribution in [3.63, 3.8) is 0 Å². The number of para-hydroxylation sites is 2. The summed E-state index contributed by atoms with van der Waals surface area (Å²) in [6.45, 7) is 3.85. The second-order valence-electron chi connectivity index (χ2n) is 9.37. The summed E-state index contributed by atoms with van der Waals surface area (Å²) in [5.74, 6) is -0.454. The van der Waals surface area contributed by atoms with Crippen molar-refractivity contribution in [3.05, 3.63) is 126 Å². The Hall–Kier alpha value is -4.96. The summed E-state index contributed by atoms with van der Waals surface area (Å²) in [7, 11) is 1.54. The third-order valence-electron chi connectivity index (χ3n) is 6.75. The van der Waals surface area contributed by atoms with E-state index in [1.807, 2.05) is 36.4 Å². The Morgan fingerprint density at radius 1 is 1.02 bits per heavy atom. The zero-order valence-electron chi connectivity index (χ0n) is 23.2. The Bertz CT molecular complexity index is 1870. The van der Waals surface area contributed by atoms with Crippen LogP contribution < -0.4 is 24.4 Å². The Balaban J connectivity index is 1.57. The molecule has 0 fully saturated rings. The van der Waals surface area contributed by atoms with Crippen LogP contribution in [-0.4, -0.2) is 35.3 Å². The molecule has 0 bridgehead atoms. The minimum absolute atomic E-state index is 0.180. The lowest BCUT2D eigenvalue weighted by Crippen LogP contribution is -2.40. The van der Waals surface area contributed by atoms with Gasteiger partial charge < -0.3 is 19.3 Å². The number of aromatic carboxylic acids is 1. The van der Waals surface area contributed by atoms with Crippen molar-refractivity contribution in [1.29, 1.82) is 0 Å². The number of carbonyl (C=O) groups is 2. The van der Waals surface area contributed by atoms with Gasteiger partial charge in [-0.1, -0.05) is 59.9 Å². The van der Waals surface area contributed by atoms with Crippen LogP contribution in [0.2, 0.25) is 0 Å². The number of carboxylic acids is 1. The number of hydrogen-bond acceptors (Lipinski definition) is 8. The van der Waals surface area contributed by atoms with Crippen LogP contribution in [0.15, 0.2) is 93.9 Å². The van der Waals surface area contributed by atoms with Gasteiger partial charge in [-0.3, -0.25) is 9.36 Å². The predicted octanol–water partition coefficient (Wildman–Crippen LogP) is 4.08. The smallest absolute Gasteiger partial charge is 0.338 e. The molecule has 1 unspecified atom stereocenters. The van der Waals surface area contributed by atoms with Gasteiger partial charge in [-0.15, -0.1) is 0 Å². The third kappa shape index (κ3) is 5.61. The molecule has 42 heavy (non-hydrogen) atoms. The molecule has 1 atom stereocenters. The van der Waals surface area contributed by atoms with E-state index in [1.165, 1.54) is 28.0 Å². The maximum Gasteiger partial charge on any atom is 0.338 e. The first-order valence-electron chi connectivity index (χ1n) is 13.2. The fraction of sp³-hybridized carbons (Fsp3) is 0.188. The Morgan fingerprint density at radius 3 is 2.40 bits per heavy atom. The highest BCUT2D eigenvalue weighted by Crippen LogP contribution is 2.35. The fourth-order valence-electron chi connectivity index (χ4n) is 4.76. The van der Waals surface area contributed by atoms with Crippen molar-refractivity contribution in [2.45, 2.75) is 26.5 Å². The normalized spacial score (nSPS) is 14.6. The summed E-state index contributed by atoms with van der Waals surface area (Å²) in [6.07, 6.45) is 1.75. The molecule has 4 aromatic rings. The third-order valence-corrected chi connectivity index (χ3v) is 7.73. The second kappa shape index (κ2) is 12.3. The lowest BCUT2D eigenvalue weighted by Gasteiger charge is -2.25. The first-order valence-corrected chi connectivity index (χ1v) is 14.0. The number of rotatable bonds is 9. The molecule has 0 amide bonds. The molecule has 5 rings (SSSR count). The molecule has 9 nitrogen and oxygen atoms in total. The monoisotopic (exact) mass is 584 g/mol. The molecular weight excluding hydrogens is 556 g/mol. The minimum Gasteiger partial charge on any atom is -0.496 e. The highest BCUT2D eigenvalue weighted by atomic mass is 32.1. The molecule has 0 saturated heterocycles. The van der Waals surface area contributed by atoms with Crippen LogP contribution in [0.3, 0.4) is 0 Å². The summed E-state index contributed by atoms with van der Waals surface area (Å²) < 4.78 is 19.0. The van der Waals surface area contributed by atoms with Crippen LogP contribution in [0.1, 0.15) is 46.9 Å². The standard InChI is InChI=1S/C32H28N2O7S/c1-4-40-31(38)27-19(2)33-32-34(28(27)23-10-6-8-12-25(23)39-3)29(35)26(42-32)17-22-9-5-7-11-24(22)41-18-20-13-15-21(16-14-20)30(36)37/h5-17,28H,4,18H2,1-3H3,(H,36,37)/b26-17+. The van der Waals surface area contributed by atoms with Crippen molar-refractivity contribution < 1.29 is 28.9 Å². The molecule has 1 aliphatic heterocycles.